The Morgan fingerprint density at radius 2 is 1.71 bits per heavy atom. The minimum absolute atomic E-state index is 0.167. The Balaban J connectivity index is 2.03. The highest BCUT2D eigenvalue weighted by Gasteiger charge is 2.08. The largest absolute Gasteiger partial charge is 0.453 e. The second-order valence-electron chi connectivity index (χ2n) is 4.58. The van der Waals surface area contributed by atoms with E-state index in [1.807, 2.05) is 42.5 Å². The first-order valence-corrected chi connectivity index (χ1v) is 7.35. The molecule has 0 heterocycles. The van der Waals surface area contributed by atoms with Crippen molar-refractivity contribution in [1.82, 2.24) is 0 Å². The molecule has 21 heavy (non-hydrogen) atoms. The van der Waals surface area contributed by atoms with Gasteiger partial charge in [0.05, 0.1) is 7.11 Å². The molecule has 0 radical (unpaired) electrons. The zero-order valence-electron chi connectivity index (χ0n) is 11.9. The van der Waals surface area contributed by atoms with Gasteiger partial charge in [-0.05, 0) is 42.8 Å². The Kier molecular flexibility index (Phi) is 5.22. The normalized spacial score (nSPS) is 11.6. The molecular formula is C16H17BrN2O2. The Hall–Kier alpha value is -2.01. The maximum atomic E-state index is 11.1. The number of rotatable bonds is 4. The summed E-state index contributed by atoms with van der Waals surface area (Å²) >= 11 is 3.56. The van der Waals surface area contributed by atoms with Crippen LogP contribution in [0.15, 0.2) is 53.0 Å². The highest BCUT2D eigenvalue weighted by Crippen LogP contribution is 2.26. The fourth-order valence-electron chi connectivity index (χ4n) is 1.97. The predicted molar refractivity (Wildman–Crippen MR) is 88.6 cm³/mol. The summed E-state index contributed by atoms with van der Waals surface area (Å²) in [6.07, 6.45) is -0.475. The number of anilines is 2. The number of methoxy groups -OCH3 is 1. The molecule has 110 valence electrons. The van der Waals surface area contributed by atoms with Gasteiger partial charge in [-0.2, -0.15) is 0 Å². The number of benzene rings is 2. The van der Waals surface area contributed by atoms with Gasteiger partial charge in [0, 0.05) is 21.9 Å². The summed E-state index contributed by atoms with van der Waals surface area (Å²) in [6.45, 7) is 2.10. The number of hydrogen-bond donors (Lipinski definition) is 2. The van der Waals surface area contributed by atoms with Crippen LogP contribution in [-0.4, -0.2) is 13.2 Å². The van der Waals surface area contributed by atoms with Crippen molar-refractivity contribution in [3.63, 3.8) is 0 Å². The lowest BCUT2D eigenvalue weighted by atomic mass is 10.1. The Bertz CT molecular complexity index is 614. The Morgan fingerprint density at radius 3 is 2.33 bits per heavy atom. The third-order valence-electron chi connectivity index (χ3n) is 3.07. The van der Waals surface area contributed by atoms with E-state index in [-0.39, 0.29) is 6.04 Å². The molecule has 0 aliphatic rings. The summed E-state index contributed by atoms with van der Waals surface area (Å²) in [4.78, 5) is 11.1. The SMILES string of the molecule is COC(=O)Nc1ccc(NC(C)c2ccccc2Br)cc1. The molecule has 2 aromatic rings. The summed E-state index contributed by atoms with van der Waals surface area (Å²) in [7, 11) is 1.34. The van der Waals surface area contributed by atoms with Crippen molar-refractivity contribution in [2.45, 2.75) is 13.0 Å². The molecule has 0 saturated carbocycles. The Labute approximate surface area is 132 Å². The minimum Gasteiger partial charge on any atom is -0.453 e. The summed E-state index contributed by atoms with van der Waals surface area (Å²) in [5.74, 6) is 0. The number of nitrogens with one attached hydrogen (secondary N) is 2. The van der Waals surface area contributed by atoms with Crippen LogP contribution in [0.4, 0.5) is 16.2 Å². The number of ether oxygens (including phenoxy) is 1. The maximum absolute atomic E-state index is 11.1. The van der Waals surface area contributed by atoms with Crippen molar-refractivity contribution >= 4 is 33.4 Å². The smallest absolute Gasteiger partial charge is 0.411 e. The molecule has 0 aliphatic heterocycles. The monoisotopic (exact) mass is 348 g/mol. The van der Waals surface area contributed by atoms with Gasteiger partial charge in [-0.3, -0.25) is 5.32 Å². The van der Waals surface area contributed by atoms with Crippen molar-refractivity contribution in [1.29, 1.82) is 0 Å². The first-order valence-electron chi connectivity index (χ1n) is 6.56. The first-order chi connectivity index (χ1) is 10.1. The van der Waals surface area contributed by atoms with Crippen LogP contribution < -0.4 is 10.6 Å². The van der Waals surface area contributed by atoms with Crippen LogP contribution >= 0.6 is 15.9 Å². The van der Waals surface area contributed by atoms with Crippen LogP contribution in [0.3, 0.4) is 0 Å². The molecule has 2 aromatic carbocycles. The van der Waals surface area contributed by atoms with E-state index in [0.717, 1.165) is 10.2 Å². The summed E-state index contributed by atoms with van der Waals surface area (Å²) < 4.78 is 5.63. The van der Waals surface area contributed by atoms with Crippen LogP contribution in [0.25, 0.3) is 0 Å². The second kappa shape index (κ2) is 7.13. The molecule has 1 amide bonds. The molecule has 0 aliphatic carbocycles. The molecule has 1 unspecified atom stereocenters. The Morgan fingerprint density at radius 1 is 1.10 bits per heavy atom. The zero-order valence-corrected chi connectivity index (χ0v) is 13.5. The van der Waals surface area contributed by atoms with Gasteiger partial charge in [0.15, 0.2) is 0 Å². The fraction of sp³-hybridized carbons (Fsp3) is 0.188. The second-order valence-corrected chi connectivity index (χ2v) is 5.44. The molecule has 5 heteroatoms. The summed E-state index contributed by atoms with van der Waals surface area (Å²) in [6, 6.07) is 15.8. The van der Waals surface area contributed by atoms with Crippen LogP contribution in [0, 0.1) is 0 Å². The summed E-state index contributed by atoms with van der Waals surface area (Å²) in [5, 5.41) is 6.04. The quantitative estimate of drug-likeness (QED) is 0.834. The van der Waals surface area contributed by atoms with Crippen LogP contribution in [0.5, 0.6) is 0 Å². The highest BCUT2D eigenvalue weighted by atomic mass is 79.9. The average Bonchev–Trinajstić information content (AvgIpc) is 2.49. The standard InChI is InChI=1S/C16H17BrN2O2/c1-11(14-5-3-4-6-15(14)17)18-12-7-9-13(10-8-12)19-16(20)21-2/h3-11,18H,1-2H3,(H,19,20). The van der Waals surface area contributed by atoms with E-state index >= 15 is 0 Å². The van der Waals surface area contributed by atoms with Gasteiger partial charge in [0.25, 0.3) is 0 Å². The highest BCUT2D eigenvalue weighted by molar-refractivity contribution is 9.10. The van der Waals surface area contributed by atoms with Crippen molar-refractivity contribution in [2.75, 3.05) is 17.7 Å². The van der Waals surface area contributed by atoms with Crippen molar-refractivity contribution in [3.8, 4) is 0 Å². The third kappa shape index (κ3) is 4.23. The van der Waals surface area contributed by atoms with Gasteiger partial charge in [0.2, 0.25) is 0 Å². The number of hydrogen-bond acceptors (Lipinski definition) is 3. The average molecular weight is 349 g/mol. The van der Waals surface area contributed by atoms with E-state index in [1.54, 1.807) is 0 Å². The van der Waals surface area contributed by atoms with Gasteiger partial charge in [-0.25, -0.2) is 4.79 Å². The van der Waals surface area contributed by atoms with E-state index < -0.39 is 6.09 Å². The maximum Gasteiger partial charge on any atom is 0.411 e. The molecule has 0 fully saturated rings. The lowest BCUT2D eigenvalue weighted by molar-refractivity contribution is 0.187. The van der Waals surface area contributed by atoms with Crippen molar-refractivity contribution in [3.05, 3.63) is 58.6 Å². The number of amides is 1. The lowest BCUT2D eigenvalue weighted by Crippen LogP contribution is -2.11. The molecule has 2 rings (SSSR count). The predicted octanol–water partition coefficient (Wildman–Crippen LogP) is 4.80. The minimum atomic E-state index is -0.475. The molecule has 1 atom stereocenters. The molecule has 0 saturated heterocycles. The molecule has 0 aromatic heterocycles. The molecular weight excluding hydrogens is 332 g/mol. The topological polar surface area (TPSA) is 50.4 Å². The lowest BCUT2D eigenvalue weighted by Gasteiger charge is -2.17. The van der Waals surface area contributed by atoms with Crippen LogP contribution in [0.2, 0.25) is 0 Å². The van der Waals surface area contributed by atoms with E-state index in [2.05, 4.69) is 44.3 Å². The van der Waals surface area contributed by atoms with Gasteiger partial charge < -0.3 is 10.1 Å². The van der Waals surface area contributed by atoms with Gasteiger partial charge in [0.1, 0.15) is 0 Å². The van der Waals surface area contributed by atoms with E-state index in [4.69, 9.17) is 0 Å². The van der Waals surface area contributed by atoms with Gasteiger partial charge in [-0.15, -0.1) is 0 Å². The van der Waals surface area contributed by atoms with E-state index in [9.17, 15) is 4.79 Å². The van der Waals surface area contributed by atoms with E-state index in [0.29, 0.717) is 5.69 Å². The number of carbonyl (C=O) groups is 1. The molecule has 4 nitrogen and oxygen atoms in total. The van der Waals surface area contributed by atoms with Crippen molar-refractivity contribution in [2.24, 2.45) is 0 Å². The van der Waals surface area contributed by atoms with Crippen molar-refractivity contribution < 1.29 is 9.53 Å². The van der Waals surface area contributed by atoms with E-state index in [1.165, 1.54) is 12.7 Å². The molecule has 2 N–H and O–H groups in total. The molecule has 0 spiro atoms. The third-order valence-corrected chi connectivity index (χ3v) is 3.79. The first kappa shape index (κ1) is 15.4. The number of halogens is 1. The van der Waals surface area contributed by atoms with Gasteiger partial charge in [-0.1, -0.05) is 34.1 Å². The zero-order chi connectivity index (χ0) is 15.2. The van der Waals surface area contributed by atoms with Crippen LogP contribution in [-0.2, 0) is 4.74 Å². The van der Waals surface area contributed by atoms with Gasteiger partial charge >= 0.3 is 6.09 Å². The fourth-order valence-corrected chi connectivity index (χ4v) is 2.60. The number of carbonyl (C=O) groups excluding carboxylic acids is 1. The summed E-state index contributed by atoms with van der Waals surface area (Å²) in [5.41, 5.74) is 2.86. The van der Waals surface area contributed by atoms with Crippen LogP contribution in [0.1, 0.15) is 18.5 Å². The molecule has 0 bridgehead atoms.